The summed E-state index contributed by atoms with van der Waals surface area (Å²) < 4.78 is 13.2. The fourth-order valence-electron chi connectivity index (χ4n) is 3.39. The van der Waals surface area contributed by atoms with Gasteiger partial charge in [-0.25, -0.2) is 4.98 Å². The average Bonchev–Trinajstić information content (AvgIpc) is 3.11. The van der Waals surface area contributed by atoms with Crippen molar-refractivity contribution >= 4 is 39.6 Å². The largest absolute Gasteiger partial charge is 0.481 e. The van der Waals surface area contributed by atoms with Gasteiger partial charge < -0.3 is 20.3 Å². The number of nitrogen functional groups attached to an aromatic ring is 1. The first kappa shape index (κ1) is 19.2. The highest BCUT2D eigenvalue weighted by molar-refractivity contribution is 7.16. The van der Waals surface area contributed by atoms with Crippen molar-refractivity contribution < 1.29 is 24.2 Å². The van der Waals surface area contributed by atoms with Crippen molar-refractivity contribution in [3.63, 3.8) is 0 Å². The van der Waals surface area contributed by atoms with Crippen LogP contribution in [-0.2, 0) is 19.1 Å². The average molecular weight is 396 g/mol. The summed E-state index contributed by atoms with van der Waals surface area (Å²) in [5.74, 6) is -1.92. The quantitative estimate of drug-likeness (QED) is 0.686. The lowest BCUT2D eigenvalue weighted by Crippen LogP contribution is -2.31. The lowest BCUT2D eigenvalue weighted by molar-refractivity contribution is -0.156. The molecule has 1 saturated heterocycles. The van der Waals surface area contributed by atoms with Crippen LogP contribution >= 0.6 is 11.3 Å². The second-order valence-electron chi connectivity index (χ2n) is 6.37. The standard InChI is InChI=1S/C16H20N4O6S/c1-3-9(25-7(2)21)10-4-8(5-12(22)23)14(26-10)20-13-11(27-16(20)24)6-18-15(17)19-13/h6,8-10,14H,3-5H2,1-2H3,(H,22,23)(H2,17,18,19)/t8-,9+,10+,14-/m1/s1. The van der Waals surface area contributed by atoms with Gasteiger partial charge in [0, 0.05) is 12.8 Å². The van der Waals surface area contributed by atoms with Gasteiger partial charge in [-0.2, -0.15) is 4.98 Å². The second kappa shape index (κ2) is 7.61. The first-order valence-corrected chi connectivity index (χ1v) is 9.29. The molecule has 1 aliphatic heterocycles. The van der Waals surface area contributed by atoms with E-state index in [0.717, 1.165) is 11.3 Å². The van der Waals surface area contributed by atoms with Crippen LogP contribution in [0.25, 0.3) is 10.3 Å². The van der Waals surface area contributed by atoms with Crippen molar-refractivity contribution in [2.45, 2.75) is 51.5 Å². The van der Waals surface area contributed by atoms with Gasteiger partial charge in [0.15, 0.2) is 5.65 Å². The summed E-state index contributed by atoms with van der Waals surface area (Å²) in [6.07, 6.45) is 0.219. The highest BCUT2D eigenvalue weighted by Gasteiger charge is 2.43. The summed E-state index contributed by atoms with van der Waals surface area (Å²) in [5.41, 5.74) is 5.95. The molecule has 0 amide bonds. The molecule has 1 fully saturated rings. The number of carboxylic acid groups (broad SMARTS) is 1. The number of carbonyl (C=O) groups is 2. The van der Waals surface area contributed by atoms with Gasteiger partial charge >= 0.3 is 16.8 Å². The number of carbonyl (C=O) groups excluding carboxylic acids is 1. The van der Waals surface area contributed by atoms with Gasteiger partial charge in [0.1, 0.15) is 12.3 Å². The molecule has 146 valence electrons. The predicted molar refractivity (Wildman–Crippen MR) is 96.2 cm³/mol. The van der Waals surface area contributed by atoms with Gasteiger partial charge in [-0.1, -0.05) is 18.3 Å². The molecule has 0 bridgehead atoms. The number of aliphatic carboxylic acids is 1. The van der Waals surface area contributed by atoms with Gasteiger partial charge in [-0.15, -0.1) is 0 Å². The van der Waals surface area contributed by atoms with Crippen molar-refractivity contribution in [3.8, 4) is 0 Å². The minimum absolute atomic E-state index is 0.00438. The molecule has 0 radical (unpaired) electrons. The van der Waals surface area contributed by atoms with E-state index < -0.39 is 36.3 Å². The fourth-order valence-corrected chi connectivity index (χ4v) is 4.21. The molecule has 27 heavy (non-hydrogen) atoms. The van der Waals surface area contributed by atoms with Crippen LogP contribution in [0.5, 0.6) is 0 Å². The maximum atomic E-state index is 12.6. The van der Waals surface area contributed by atoms with Crippen molar-refractivity contribution in [2.75, 3.05) is 5.73 Å². The summed E-state index contributed by atoms with van der Waals surface area (Å²) in [6, 6.07) is 0. The predicted octanol–water partition coefficient (Wildman–Crippen LogP) is 1.16. The molecule has 0 spiro atoms. The Morgan fingerprint density at radius 2 is 2.30 bits per heavy atom. The number of aromatic nitrogens is 3. The second-order valence-corrected chi connectivity index (χ2v) is 7.36. The molecule has 2 aromatic heterocycles. The Kier molecular flexibility index (Phi) is 5.42. The SMILES string of the molecule is CC[C@H](OC(C)=O)[C@@H]1C[C@H](CC(=O)O)[C@H](n2c(=O)sc3cnc(N)nc32)O1. The van der Waals surface area contributed by atoms with E-state index in [1.54, 1.807) is 0 Å². The van der Waals surface area contributed by atoms with Crippen LogP contribution in [-0.4, -0.2) is 43.8 Å². The van der Waals surface area contributed by atoms with E-state index in [1.807, 2.05) is 6.92 Å². The topological polar surface area (TPSA) is 147 Å². The lowest BCUT2D eigenvalue weighted by Gasteiger charge is -2.22. The van der Waals surface area contributed by atoms with E-state index in [2.05, 4.69) is 9.97 Å². The number of fused-ring (bicyclic) bond motifs is 1. The molecular weight excluding hydrogens is 376 g/mol. The van der Waals surface area contributed by atoms with E-state index in [1.165, 1.54) is 17.7 Å². The Bertz CT molecular complexity index is 925. The normalized spacial score (nSPS) is 23.4. The van der Waals surface area contributed by atoms with Gasteiger partial charge in [0.25, 0.3) is 0 Å². The van der Waals surface area contributed by atoms with E-state index in [9.17, 15) is 19.5 Å². The van der Waals surface area contributed by atoms with Crippen molar-refractivity contribution in [1.29, 1.82) is 0 Å². The molecule has 2 aromatic rings. The number of carboxylic acids is 1. The highest BCUT2D eigenvalue weighted by Crippen LogP contribution is 2.40. The minimum atomic E-state index is -1.00. The molecule has 0 saturated carbocycles. The molecule has 10 nitrogen and oxygen atoms in total. The lowest BCUT2D eigenvalue weighted by atomic mass is 9.96. The number of anilines is 1. The zero-order valence-corrected chi connectivity index (χ0v) is 15.6. The minimum Gasteiger partial charge on any atom is -0.481 e. The highest BCUT2D eigenvalue weighted by atomic mass is 32.1. The van der Waals surface area contributed by atoms with E-state index in [0.29, 0.717) is 23.2 Å². The Labute approximate surface area is 157 Å². The number of hydrogen-bond donors (Lipinski definition) is 2. The summed E-state index contributed by atoms with van der Waals surface area (Å²) >= 11 is 0.935. The van der Waals surface area contributed by atoms with Crippen LogP contribution in [0.2, 0.25) is 0 Å². The van der Waals surface area contributed by atoms with E-state index in [-0.39, 0.29) is 17.2 Å². The first-order chi connectivity index (χ1) is 12.8. The zero-order valence-electron chi connectivity index (χ0n) is 14.8. The number of hydrogen-bond acceptors (Lipinski definition) is 9. The van der Waals surface area contributed by atoms with Gasteiger partial charge in [0.05, 0.1) is 23.4 Å². The maximum Gasteiger partial charge on any atom is 0.311 e. The molecule has 4 atom stereocenters. The third kappa shape index (κ3) is 3.93. The van der Waals surface area contributed by atoms with Crippen molar-refractivity contribution in [3.05, 3.63) is 15.9 Å². The van der Waals surface area contributed by atoms with Crippen molar-refractivity contribution in [2.24, 2.45) is 5.92 Å². The molecular formula is C16H20N4O6S. The molecule has 0 unspecified atom stereocenters. The number of rotatable bonds is 6. The molecule has 3 N–H and O–H groups in total. The number of ether oxygens (including phenoxy) is 2. The molecule has 0 aliphatic carbocycles. The molecule has 3 heterocycles. The molecule has 11 heteroatoms. The third-order valence-electron chi connectivity index (χ3n) is 4.46. The Morgan fingerprint density at radius 1 is 1.56 bits per heavy atom. The maximum absolute atomic E-state index is 12.6. The van der Waals surface area contributed by atoms with Crippen LogP contribution in [0.4, 0.5) is 5.95 Å². The molecule has 3 rings (SSSR count). The van der Waals surface area contributed by atoms with Crippen molar-refractivity contribution in [1.82, 2.24) is 14.5 Å². The van der Waals surface area contributed by atoms with Gasteiger partial charge in [0.2, 0.25) is 5.95 Å². The summed E-state index contributed by atoms with van der Waals surface area (Å²) in [4.78, 5) is 42.9. The first-order valence-electron chi connectivity index (χ1n) is 8.48. The monoisotopic (exact) mass is 396 g/mol. The smallest absolute Gasteiger partial charge is 0.311 e. The van der Waals surface area contributed by atoms with Gasteiger partial charge in [-0.3, -0.25) is 19.0 Å². The molecule has 0 aromatic carbocycles. The number of nitrogens with two attached hydrogens (primary N) is 1. The van der Waals surface area contributed by atoms with E-state index in [4.69, 9.17) is 15.2 Å². The Hall–Kier alpha value is -2.53. The number of esters is 1. The number of nitrogens with zero attached hydrogens (tertiary/aromatic N) is 3. The van der Waals surface area contributed by atoms with Crippen LogP contribution in [0, 0.1) is 5.92 Å². The Balaban J connectivity index is 2.00. The van der Waals surface area contributed by atoms with Crippen LogP contribution in [0.3, 0.4) is 0 Å². The third-order valence-corrected chi connectivity index (χ3v) is 5.33. The summed E-state index contributed by atoms with van der Waals surface area (Å²) in [7, 11) is 0. The molecule has 1 aliphatic rings. The summed E-state index contributed by atoms with van der Waals surface area (Å²) in [6.45, 7) is 3.15. The van der Waals surface area contributed by atoms with Crippen LogP contribution < -0.4 is 10.6 Å². The Morgan fingerprint density at radius 3 is 2.93 bits per heavy atom. The van der Waals surface area contributed by atoms with Gasteiger partial charge in [-0.05, 0) is 12.8 Å². The van der Waals surface area contributed by atoms with Crippen LogP contribution in [0.15, 0.2) is 11.0 Å². The van der Waals surface area contributed by atoms with Crippen LogP contribution in [0.1, 0.15) is 39.3 Å². The number of thiazole rings is 1. The summed E-state index contributed by atoms with van der Waals surface area (Å²) in [5, 5.41) is 9.27. The van der Waals surface area contributed by atoms with E-state index >= 15 is 0 Å². The zero-order chi connectivity index (χ0) is 19.7. The fraction of sp³-hybridized carbons (Fsp3) is 0.562.